The lowest BCUT2D eigenvalue weighted by Gasteiger charge is -2.25. The molecule has 1 aromatic heterocycles. The predicted molar refractivity (Wildman–Crippen MR) is 61.4 cm³/mol. The third kappa shape index (κ3) is 2.66. The van der Waals surface area contributed by atoms with Gasteiger partial charge in [0.05, 0.1) is 17.1 Å². The molecule has 1 fully saturated rings. The molecule has 1 aliphatic heterocycles. The minimum absolute atomic E-state index is 0.0387. The fourth-order valence-corrected chi connectivity index (χ4v) is 2.41. The minimum atomic E-state index is -0.0387. The molecule has 0 N–H and O–H groups in total. The summed E-state index contributed by atoms with van der Waals surface area (Å²) in [6.07, 6.45) is 1.36. The molecule has 86 valence electrons. The maximum Gasteiger partial charge on any atom is 0.230 e. The Labute approximate surface area is 98.3 Å². The number of aryl methyl sites for hydroxylation is 1. The van der Waals surface area contributed by atoms with E-state index in [4.69, 9.17) is 0 Å². The molecule has 2 heterocycles. The van der Waals surface area contributed by atoms with Crippen LogP contribution in [0.3, 0.4) is 0 Å². The van der Waals surface area contributed by atoms with Gasteiger partial charge in [-0.25, -0.2) is 4.98 Å². The van der Waals surface area contributed by atoms with Crippen molar-refractivity contribution in [2.24, 2.45) is 0 Å². The highest BCUT2D eigenvalue weighted by Crippen LogP contribution is 2.11. The van der Waals surface area contributed by atoms with Crippen LogP contribution in [0.5, 0.6) is 0 Å². The second-order valence-electron chi connectivity index (χ2n) is 3.95. The molecule has 5 heteroatoms. The predicted octanol–water partition coefficient (Wildman–Crippen LogP) is 1.19. The third-order valence-electron chi connectivity index (χ3n) is 2.67. The molecule has 0 unspecified atom stereocenters. The average molecular weight is 238 g/mol. The fourth-order valence-electron chi connectivity index (χ4n) is 1.76. The monoisotopic (exact) mass is 238 g/mol. The van der Waals surface area contributed by atoms with Crippen molar-refractivity contribution in [3.8, 4) is 0 Å². The van der Waals surface area contributed by atoms with E-state index in [2.05, 4.69) is 4.98 Å². The summed E-state index contributed by atoms with van der Waals surface area (Å²) < 4.78 is 0. The maximum atomic E-state index is 11.5. The zero-order valence-electron chi connectivity index (χ0n) is 9.23. The SMILES string of the molecule is Cc1nc(CCN2CCC(=O)CC2=O)cs1. The lowest BCUT2D eigenvalue weighted by atomic mass is 10.1. The number of carbonyl (C=O) groups is 2. The van der Waals surface area contributed by atoms with Gasteiger partial charge in [-0.3, -0.25) is 9.59 Å². The van der Waals surface area contributed by atoms with E-state index < -0.39 is 0 Å². The number of Topliss-reactive ketones (excluding diaryl/α,β-unsaturated/α-hetero) is 1. The van der Waals surface area contributed by atoms with Crippen molar-refractivity contribution in [3.63, 3.8) is 0 Å². The van der Waals surface area contributed by atoms with E-state index >= 15 is 0 Å². The van der Waals surface area contributed by atoms with E-state index in [0.717, 1.165) is 17.1 Å². The van der Waals surface area contributed by atoms with Gasteiger partial charge in [0.25, 0.3) is 0 Å². The number of likely N-dealkylation sites (tertiary alicyclic amines) is 1. The Hall–Kier alpha value is -1.23. The standard InChI is InChI=1S/C11H14N2O2S/c1-8-12-9(7-16-8)2-4-13-5-3-10(14)6-11(13)15/h7H,2-6H2,1H3. The number of hydrogen-bond acceptors (Lipinski definition) is 4. The highest BCUT2D eigenvalue weighted by atomic mass is 32.1. The molecule has 1 aromatic rings. The van der Waals surface area contributed by atoms with Gasteiger partial charge < -0.3 is 4.90 Å². The summed E-state index contributed by atoms with van der Waals surface area (Å²) >= 11 is 1.62. The Morgan fingerprint density at radius 3 is 2.94 bits per heavy atom. The molecule has 0 aromatic carbocycles. The van der Waals surface area contributed by atoms with Crippen molar-refractivity contribution >= 4 is 23.0 Å². The van der Waals surface area contributed by atoms with E-state index in [1.807, 2.05) is 12.3 Å². The van der Waals surface area contributed by atoms with E-state index in [9.17, 15) is 9.59 Å². The third-order valence-corrected chi connectivity index (χ3v) is 3.49. The van der Waals surface area contributed by atoms with Crippen molar-refractivity contribution in [2.75, 3.05) is 13.1 Å². The largest absolute Gasteiger partial charge is 0.341 e. The van der Waals surface area contributed by atoms with Gasteiger partial charge in [0, 0.05) is 31.3 Å². The lowest BCUT2D eigenvalue weighted by Crippen LogP contribution is -2.40. The normalized spacial score (nSPS) is 16.9. The first-order valence-corrected chi connectivity index (χ1v) is 6.23. The molecule has 0 atom stereocenters. The molecule has 1 saturated heterocycles. The Kier molecular flexibility index (Phi) is 3.33. The Morgan fingerprint density at radius 1 is 1.50 bits per heavy atom. The molecule has 0 bridgehead atoms. The number of ketones is 1. The smallest absolute Gasteiger partial charge is 0.230 e. The van der Waals surface area contributed by atoms with Crippen LogP contribution in [-0.2, 0) is 16.0 Å². The number of piperidine rings is 1. The summed E-state index contributed by atoms with van der Waals surface area (Å²) in [5.41, 5.74) is 1.03. The Morgan fingerprint density at radius 2 is 2.31 bits per heavy atom. The molecular weight excluding hydrogens is 224 g/mol. The summed E-state index contributed by atoms with van der Waals surface area (Å²) in [7, 11) is 0. The van der Waals surface area contributed by atoms with Gasteiger partial charge >= 0.3 is 0 Å². The number of amides is 1. The highest BCUT2D eigenvalue weighted by Gasteiger charge is 2.23. The van der Waals surface area contributed by atoms with Gasteiger partial charge in [-0.1, -0.05) is 0 Å². The maximum absolute atomic E-state index is 11.5. The van der Waals surface area contributed by atoms with Crippen molar-refractivity contribution in [3.05, 3.63) is 16.1 Å². The van der Waals surface area contributed by atoms with Crippen molar-refractivity contribution < 1.29 is 9.59 Å². The first kappa shape index (κ1) is 11.3. The second-order valence-corrected chi connectivity index (χ2v) is 5.02. The first-order chi connectivity index (χ1) is 7.65. The molecule has 1 aliphatic rings. The van der Waals surface area contributed by atoms with E-state index in [1.165, 1.54) is 0 Å². The Bertz CT molecular complexity index is 414. The van der Waals surface area contributed by atoms with Crippen molar-refractivity contribution in [1.82, 2.24) is 9.88 Å². The summed E-state index contributed by atoms with van der Waals surface area (Å²) in [5.74, 6) is 0.0222. The quantitative estimate of drug-likeness (QED) is 0.743. The van der Waals surface area contributed by atoms with Crippen LogP contribution < -0.4 is 0 Å². The number of thiazole rings is 1. The number of aromatic nitrogens is 1. The fraction of sp³-hybridized carbons (Fsp3) is 0.545. The molecule has 0 aliphatic carbocycles. The molecule has 0 radical (unpaired) electrons. The number of carbonyl (C=O) groups excluding carboxylic acids is 2. The van der Waals surface area contributed by atoms with Crippen LogP contribution >= 0.6 is 11.3 Å². The molecule has 2 rings (SSSR count). The molecule has 1 amide bonds. The summed E-state index contributed by atoms with van der Waals surface area (Å²) in [5, 5.41) is 3.07. The topological polar surface area (TPSA) is 50.3 Å². The minimum Gasteiger partial charge on any atom is -0.341 e. The van der Waals surface area contributed by atoms with Crippen LogP contribution in [0.1, 0.15) is 23.5 Å². The van der Waals surface area contributed by atoms with Gasteiger partial charge in [0.2, 0.25) is 5.91 Å². The second kappa shape index (κ2) is 4.74. The molecular formula is C11H14N2O2S. The van der Waals surface area contributed by atoms with Crippen LogP contribution in [0.25, 0.3) is 0 Å². The van der Waals surface area contributed by atoms with Crippen LogP contribution in [0.4, 0.5) is 0 Å². The number of rotatable bonds is 3. The average Bonchev–Trinajstić information content (AvgIpc) is 2.63. The van der Waals surface area contributed by atoms with Crippen molar-refractivity contribution in [1.29, 1.82) is 0 Å². The zero-order valence-corrected chi connectivity index (χ0v) is 10.0. The van der Waals surface area contributed by atoms with Gasteiger partial charge in [0.1, 0.15) is 5.78 Å². The van der Waals surface area contributed by atoms with Gasteiger partial charge in [-0.2, -0.15) is 0 Å². The van der Waals surface area contributed by atoms with Gasteiger partial charge in [-0.05, 0) is 6.92 Å². The van der Waals surface area contributed by atoms with Crippen LogP contribution in [0, 0.1) is 6.92 Å². The lowest BCUT2D eigenvalue weighted by molar-refractivity contribution is -0.139. The van der Waals surface area contributed by atoms with Crippen LogP contribution in [0.2, 0.25) is 0 Å². The van der Waals surface area contributed by atoms with E-state index in [1.54, 1.807) is 16.2 Å². The number of hydrogen-bond donors (Lipinski definition) is 0. The van der Waals surface area contributed by atoms with E-state index in [-0.39, 0.29) is 18.1 Å². The van der Waals surface area contributed by atoms with Gasteiger partial charge in [-0.15, -0.1) is 11.3 Å². The molecule has 16 heavy (non-hydrogen) atoms. The highest BCUT2D eigenvalue weighted by molar-refractivity contribution is 7.09. The number of nitrogens with zero attached hydrogens (tertiary/aromatic N) is 2. The van der Waals surface area contributed by atoms with Crippen LogP contribution in [0.15, 0.2) is 5.38 Å². The Balaban J connectivity index is 1.86. The summed E-state index contributed by atoms with van der Waals surface area (Å²) in [6.45, 7) is 3.22. The molecule has 0 spiro atoms. The van der Waals surface area contributed by atoms with Crippen molar-refractivity contribution in [2.45, 2.75) is 26.2 Å². The molecule has 0 saturated carbocycles. The summed E-state index contributed by atoms with van der Waals surface area (Å²) in [6, 6.07) is 0. The summed E-state index contributed by atoms with van der Waals surface area (Å²) in [4.78, 5) is 28.7. The van der Waals surface area contributed by atoms with E-state index in [0.29, 0.717) is 19.5 Å². The van der Waals surface area contributed by atoms with Crippen LogP contribution in [-0.4, -0.2) is 34.7 Å². The molecule has 4 nitrogen and oxygen atoms in total. The zero-order chi connectivity index (χ0) is 11.5. The first-order valence-electron chi connectivity index (χ1n) is 5.35. The van der Waals surface area contributed by atoms with Gasteiger partial charge in [0.15, 0.2) is 0 Å².